The molecule has 0 fully saturated rings. The third-order valence-corrected chi connectivity index (χ3v) is 4.21. The Morgan fingerprint density at radius 3 is 2.42 bits per heavy atom. The first-order valence-electron chi connectivity index (χ1n) is 8.35. The van der Waals surface area contributed by atoms with E-state index in [9.17, 15) is 0 Å². The zero-order valence-corrected chi connectivity index (χ0v) is 15.6. The summed E-state index contributed by atoms with van der Waals surface area (Å²) in [6, 6.07) is 22.3. The number of nitrogens with one attached hydrogen (secondary N) is 2. The fraction of sp³-hybridized carbons (Fsp3) is 0.143. The number of anilines is 1. The molecule has 1 heterocycles. The summed E-state index contributed by atoms with van der Waals surface area (Å²) in [7, 11) is 1.59. The summed E-state index contributed by atoms with van der Waals surface area (Å²) >= 11 is 5.53. The average molecular weight is 363 g/mol. The zero-order valence-electron chi connectivity index (χ0n) is 14.8. The summed E-state index contributed by atoms with van der Waals surface area (Å²) in [4.78, 5) is 4.19. The summed E-state index contributed by atoms with van der Waals surface area (Å²) in [6.07, 6.45) is 1.69. The minimum Gasteiger partial charge on any atom is -0.481 e. The fourth-order valence-corrected chi connectivity index (χ4v) is 2.96. The van der Waals surface area contributed by atoms with Crippen molar-refractivity contribution < 1.29 is 4.74 Å². The van der Waals surface area contributed by atoms with Gasteiger partial charge in [0.1, 0.15) is 0 Å². The molecule has 0 amide bonds. The Hall–Kier alpha value is -2.92. The maximum Gasteiger partial charge on any atom is 0.213 e. The van der Waals surface area contributed by atoms with E-state index in [1.54, 1.807) is 19.4 Å². The second kappa shape index (κ2) is 8.45. The Labute approximate surface area is 159 Å². The van der Waals surface area contributed by atoms with Crippen molar-refractivity contribution in [2.75, 3.05) is 12.4 Å². The first-order valence-corrected chi connectivity index (χ1v) is 8.75. The fourth-order valence-electron chi connectivity index (χ4n) is 2.73. The number of methoxy groups -OCH3 is 1. The molecule has 0 aliphatic rings. The van der Waals surface area contributed by atoms with E-state index in [0.29, 0.717) is 11.0 Å². The lowest BCUT2D eigenvalue weighted by atomic mass is 9.97. The quantitative estimate of drug-likeness (QED) is 0.655. The third-order valence-electron chi connectivity index (χ3n) is 3.99. The lowest BCUT2D eigenvalue weighted by Crippen LogP contribution is -2.33. The first-order chi connectivity index (χ1) is 12.7. The van der Waals surface area contributed by atoms with E-state index >= 15 is 0 Å². The Balaban J connectivity index is 1.79. The van der Waals surface area contributed by atoms with E-state index < -0.39 is 0 Å². The number of aromatic nitrogens is 1. The van der Waals surface area contributed by atoms with Crippen LogP contribution >= 0.6 is 12.2 Å². The molecule has 0 saturated heterocycles. The van der Waals surface area contributed by atoms with Gasteiger partial charge < -0.3 is 15.4 Å². The van der Waals surface area contributed by atoms with Crippen LogP contribution in [0.15, 0.2) is 72.9 Å². The van der Waals surface area contributed by atoms with E-state index in [1.807, 2.05) is 24.3 Å². The van der Waals surface area contributed by atoms with Crippen LogP contribution in [0.4, 0.5) is 5.69 Å². The van der Waals surface area contributed by atoms with Gasteiger partial charge in [-0.25, -0.2) is 4.98 Å². The van der Waals surface area contributed by atoms with Crippen molar-refractivity contribution in [3.8, 4) is 5.88 Å². The molecule has 1 atom stereocenters. The molecule has 3 rings (SSSR count). The second-order valence-electron chi connectivity index (χ2n) is 5.95. The smallest absolute Gasteiger partial charge is 0.213 e. The number of pyridine rings is 1. The van der Waals surface area contributed by atoms with E-state index in [0.717, 1.165) is 16.8 Å². The molecule has 0 aliphatic carbocycles. The number of hydrogen-bond acceptors (Lipinski definition) is 3. The van der Waals surface area contributed by atoms with Crippen LogP contribution in [0.2, 0.25) is 0 Å². The van der Waals surface area contributed by atoms with Gasteiger partial charge in [0.05, 0.1) is 25.0 Å². The van der Waals surface area contributed by atoms with Crippen molar-refractivity contribution in [3.05, 3.63) is 89.6 Å². The molecule has 3 aromatic rings. The molecule has 0 radical (unpaired) electrons. The molecular formula is C21H21N3OS. The van der Waals surface area contributed by atoms with Crippen LogP contribution < -0.4 is 15.4 Å². The van der Waals surface area contributed by atoms with Gasteiger partial charge >= 0.3 is 0 Å². The molecule has 0 saturated carbocycles. The predicted molar refractivity (Wildman–Crippen MR) is 110 cm³/mol. The maximum atomic E-state index is 5.53. The molecule has 0 bridgehead atoms. The SMILES string of the molecule is COc1ccc(NC(=S)N[C@H](c2ccccc2)c2cccc(C)c2)cn1. The second-order valence-corrected chi connectivity index (χ2v) is 6.35. The Morgan fingerprint density at radius 1 is 1.00 bits per heavy atom. The van der Waals surface area contributed by atoms with Crippen molar-refractivity contribution in [1.82, 2.24) is 10.3 Å². The van der Waals surface area contributed by atoms with Gasteiger partial charge in [0.2, 0.25) is 5.88 Å². The van der Waals surface area contributed by atoms with Gasteiger partial charge in [-0.1, -0.05) is 60.2 Å². The van der Waals surface area contributed by atoms with Crippen LogP contribution in [0.5, 0.6) is 5.88 Å². The molecule has 0 spiro atoms. The van der Waals surface area contributed by atoms with Gasteiger partial charge in [0, 0.05) is 6.07 Å². The largest absolute Gasteiger partial charge is 0.481 e. The van der Waals surface area contributed by atoms with Gasteiger partial charge in [0.25, 0.3) is 0 Å². The van der Waals surface area contributed by atoms with Crippen LogP contribution in [-0.4, -0.2) is 17.2 Å². The van der Waals surface area contributed by atoms with Gasteiger partial charge in [-0.2, -0.15) is 0 Å². The first kappa shape index (κ1) is 17.9. The molecule has 2 N–H and O–H groups in total. The van der Waals surface area contributed by atoms with E-state index in [2.05, 4.69) is 58.9 Å². The van der Waals surface area contributed by atoms with Crippen molar-refractivity contribution in [2.24, 2.45) is 0 Å². The molecular weight excluding hydrogens is 342 g/mol. The number of hydrogen-bond donors (Lipinski definition) is 2. The highest BCUT2D eigenvalue weighted by Crippen LogP contribution is 2.23. The molecule has 132 valence electrons. The summed E-state index contributed by atoms with van der Waals surface area (Å²) in [5.41, 5.74) is 4.33. The monoisotopic (exact) mass is 363 g/mol. The van der Waals surface area contributed by atoms with Crippen LogP contribution in [0.3, 0.4) is 0 Å². The van der Waals surface area contributed by atoms with Gasteiger partial charge in [0.15, 0.2) is 5.11 Å². The zero-order chi connectivity index (χ0) is 18.4. The van der Waals surface area contributed by atoms with Crippen molar-refractivity contribution in [2.45, 2.75) is 13.0 Å². The number of rotatable bonds is 5. The highest BCUT2D eigenvalue weighted by molar-refractivity contribution is 7.80. The predicted octanol–water partition coefficient (Wildman–Crippen LogP) is 4.47. The van der Waals surface area contributed by atoms with Gasteiger partial charge in [-0.05, 0) is 36.3 Å². The van der Waals surface area contributed by atoms with Crippen molar-refractivity contribution >= 4 is 23.0 Å². The van der Waals surface area contributed by atoms with Crippen molar-refractivity contribution in [1.29, 1.82) is 0 Å². The van der Waals surface area contributed by atoms with E-state index in [-0.39, 0.29) is 6.04 Å². The molecule has 2 aromatic carbocycles. The van der Waals surface area contributed by atoms with E-state index in [1.165, 1.54) is 5.56 Å². The number of aryl methyl sites for hydroxylation is 1. The Morgan fingerprint density at radius 2 is 1.77 bits per heavy atom. The summed E-state index contributed by atoms with van der Waals surface area (Å²) in [5, 5.41) is 7.13. The molecule has 1 aromatic heterocycles. The maximum absolute atomic E-state index is 5.53. The van der Waals surface area contributed by atoms with Gasteiger partial charge in [-0.15, -0.1) is 0 Å². The molecule has 26 heavy (non-hydrogen) atoms. The average Bonchev–Trinajstić information content (AvgIpc) is 2.67. The van der Waals surface area contributed by atoms with Gasteiger partial charge in [-0.3, -0.25) is 0 Å². The van der Waals surface area contributed by atoms with Crippen LogP contribution in [0.1, 0.15) is 22.7 Å². The standard InChI is InChI=1S/C21H21N3OS/c1-15-7-6-10-17(13-15)20(16-8-4-3-5-9-16)24-21(26)23-18-11-12-19(25-2)22-14-18/h3-14,20H,1-2H3,(H2,23,24,26)/t20-/m1/s1. The summed E-state index contributed by atoms with van der Waals surface area (Å²) in [5.74, 6) is 0.566. The van der Waals surface area contributed by atoms with Crippen LogP contribution in [0.25, 0.3) is 0 Å². The normalized spacial score (nSPS) is 11.5. The van der Waals surface area contributed by atoms with E-state index in [4.69, 9.17) is 17.0 Å². The molecule has 5 heteroatoms. The Bertz CT molecular complexity index is 866. The summed E-state index contributed by atoms with van der Waals surface area (Å²) < 4.78 is 5.08. The van der Waals surface area contributed by atoms with Crippen LogP contribution in [0, 0.1) is 6.92 Å². The van der Waals surface area contributed by atoms with Crippen LogP contribution in [-0.2, 0) is 0 Å². The van der Waals surface area contributed by atoms with Crippen molar-refractivity contribution in [3.63, 3.8) is 0 Å². The highest BCUT2D eigenvalue weighted by atomic mass is 32.1. The highest BCUT2D eigenvalue weighted by Gasteiger charge is 2.15. The number of ether oxygens (including phenoxy) is 1. The minimum absolute atomic E-state index is 0.0395. The topological polar surface area (TPSA) is 46.2 Å². The molecule has 0 unspecified atom stereocenters. The number of benzene rings is 2. The lowest BCUT2D eigenvalue weighted by molar-refractivity contribution is 0.398. The molecule has 4 nitrogen and oxygen atoms in total. The molecule has 0 aliphatic heterocycles. The Kier molecular flexibility index (Phi) is 5.81. The summed E-state index contributed by atoms with van der Waals surface area (Å²) in [6.45, 7) is 2.09. The number of thiocarbonyl (C=S) groups is 1. The lowest BCUT2D eigenvalue weighted by Gasteiger charge is -2.22. The number of nitrogens with zero attached hydrogens (tertiary/aromatic N) is 1. The minimum atomic E-state index is -0.0395. The third kappa shape index (κ3) is 4.58.